The van der Waals surface area contributed by atoms with Crippen molar-refractivity contribution in [3.8, 4) is 5.69 Å². The van der Waals surface area contributed by atoms with Gasteiger partial charge in [-0.05, 0) is 91.9 Å². The first-order valence-corrected chi connectivity index (χ1v) is 17.2. The number of esters is 1. The number of nitrogens with zero attached hydrogens (tertiary/aromatic N) is 2. The fraction of sp³-hybridized carbons (Fsp3) is 0.256. The topological polar surface area (TPSA) is 80.6 Å². The molecule has 1 fully saturated rings. The number of benzene rings is 4. The molecule has 4 aromatic carbocycles. The molecular formula is C39H39N3O4S. The number of rotatable bonds is 11. The van der Waals surface area contributed by atoms with E-state index in [0.29, 0.717) is 40.4 Å². The molecule has 2 heterocycles. The molecule has 0 spiro atoms. The monoisotopic (exact) mass is 645 g/mol. The van der Waals surface area contributed by atoms with E-state index in [1.807, 2.05) is 77.4 Å². The van der Waals surface area contributed by atoms with Gasteiger partial charge in [0.15, 0.2) is 0 Å². The Labute approximate surface area is 279 Å². The lowest BCUT2D eigenvalue weighted by atomic mass is 10.0. The number of carbonyl (C=O) groups excluding carboxylic acids is 3. The van der Waals surface area contributed by atoms with Crippen LogP contribution in [0.3, 0.4) is 0 Å². The average molecular weight is 646 g/mol. The van der Waals surface area contributed by atoms with Crippen LogP contribution in [0.5, 0.6) is 0 Å². The molecule has 0 unspecified atom stereocenters. The molecule has 1 amide bonds. The van der Waals surface area contributed by atoms with Crippen LogP contribution in [0, 0.1) is 6.92 Å². The number of amides is 1. The number of nitrogens with one attached hydrogen (secondary N) is 1. The van der Waals surface area contributed by atoms with Crippen molar-refractivity contribution < 1.29 is 19.1 Å². The highest BCUT2D eigenvalue weighted by Crippen LogP contribution is 2.32. The van der Waals surface area contributed by atoms with Crippen LogP contribution in [0.15, 0.2) is 97.1 Å². The molecule has 1 N–H and O–H groups in total. The summed E-state index contributed by atoms with van der Waals surface area (Å²) in [6, 6.07) is 31.3. The number of para-hydroxylation sites is 1. The maximum absolute atomic E-state index is 14.7. The molecule has 1 aromatic heterocycles. The van der Waals surface area contributed by atoms with E-state index in [-0.39, 0.29) is 17.7 Å². The number of aryl methyl sites for hydroxylation is 1. The molecule has 5 aromatic rings. The standard InChI is InChI=1S/C39H39N3O4S/c1-27-14-15-29-24-36(42(35(29)22-27)31-12-5-3-6-13-31)38(44)33-25-32(41-19-7-4-8-20-41)16-17-34(33)40-39(45)30-11-9-10-28(23-30)26-47-21-18-37(43)46-2/h3,5-6,9-17,22-25H,4,7-8,18-21,26H2,1-2H3,(H,40,45). The Morgan fingerprint density at radius 3 is 2.43 bits per heavy atom. The van der Waals surface area contributed by atoms with E-state index in [2.05, 4.69) is 35.3 Å². The quantitative estimate of drug-likeness (QED) is 0.0886. The van der Waals surface area contributed by atoms with Crippen LogP contribution in [-0.4, -0.2) is 48.2 Å². The van der Waals surface area contributed by atoms with Crippen LogP contribution >= 0.6 is 11.8 Å². The zero-order chi connectivity index (χ0) is 32.8. The second kappa shape index (κ2) is 14.7. The zero-order valence-corrected chi connectivity index (χ0v) is 27.6. The molecule has 0 atom stereocenters. The van der Waals surface area contributed by atoms with Crippen LogP contribution in [0.25, 0.3) is 16.6 Å². The number of piperidine rings is 1. The van der Waals surface area contributed by atoms with Gasteiger partial charge in [-0.2, -0.15) is 11.8 Å². The molecule has 6 rings (SSSR count). The van der Waals surface area contributed by atoms with Gasteiger partial charge in [0.1, 0.15) is 0 Å². The lowest BCUT2D eigenvalue weighted by molar-refractivity contribution is -0.140. The van der Waals surface area contributed by atoms with E-state index in [9.17, 15) is 14.4 Å². The maximum Gasteiger partial charge on any atom is 0.306 e. The van der Waals surface area contributed by atoms with Gasteiger partial charge < -0.3 is 19.5 Å². The summed E-state index contributed by atoms with van der Waals surface area (Å²) >= 11 is 1.61. The Morgan fingerprint density at radius 2 is 1.64 bits per heavy atom. The number of carbonyl (C=O) groups is 3. The van der Waals surface area contributed by atoms with Crippen molar-refractivity contribution >= 4 is 51.7 Å². The predicted molar refractivity (Wildman–Crippen MR) is 191 cm³/mol. The second-order valence-electron chi connectivity index (χ2n) is 11.9. The third-order valence-electron chi connectivity index (χ3n) is 8.56. The first-order chi connectivity index (χ1) is 22.9. The predicted octanol–water partition coefficient (Wildman–Crippen LogP) is 8.21. The fourth-order valence-electron chi connectivity index (χ4n) is 6.09. The highest BCUT2D eigenvalue weighted by atomic mass is 32.2. The van der Waals surface area contributed by atoms with Crippen molar-refractivity contribution in [3.05, 3.63) is 125 Å². The molecule has 0 aliphatic carbocycles. The summed E-state index contributed by atoms with van der Waals surface area (Å²) < 4.78 is 6.74. The molecule has 1 aliphatic heterocycles. The van der Waals surface area contributed by atoms with Crippen molar-refractivity contribution in [2.75, 3.05) is 36.2 Å². The highest BCUT2D eigenvalue weighted by molar-refractivity contribution is 7.98. The van der Waals surface area contributed by atoms with E-state index < -0.39 is 0 Å². The summed E-state index contributed by atoms with van der Waals surface area (Å²) in [4.78, 5) is 42.2. The molecule has 1 saturated heterocycles. The summed E-state index contributed by atoms with van der Waals surface area (Å²) in [5.74, 6) is 0.618. The van der Waals surface area contributed by atoms with Gasteiger partial charge >= 0.3 is 5.97 Å². The van der Waals surface area contributed by atoms with E-state index in [1.54, 1.807) is 17.8 Å². The van der Waals surface area contributed by atoms with Crippen LogP contribution in [0.1, 0.15) is 63.2 Å². The fourth-order valence-corrected chi connectivity index (χ4v) is 6.96. The molecule has 47 heavy (non-hydrogen) atoms. The first kappa shape index (κ1) is 32.1. The summed E-state index contributed by atoms with van der Waals surface area (Å²) in [7, 11) is 1.39. The Morgan fingerprint density at radius 1 is 0.830 bits per heavy atom. The number of anilines is 2. The van der Waals surface area contributed by atoms with E-state index in [1.165, 1.54) is 13.5 Å². The van der Waals surface area contributed by atoms with Crippen molar-refractivity contribution in [1.29, 1.82) is 0 Å². The first-order valence-electron chi connectivity index (χ1n) is 16.1. The van der Waals surface area contributed by atoms with Crippen molar-refractivity contribution in [1.82, 2.24) is 4.57 Å². The zero-order valence-electron chi connectivity index (χ0n) is 26.8. The Bertz CT molecular complexity index is 1910. The Hall–Kier alpha value is -4.82. The molecular weight excluding hydrogens is 607 g/mol. The molecule has 7 nitrogen and oxygen atoms in total. The van der Waals surface area contributed by atoms with Gasteiger partial charge in [0, 0.05) is 52.5 Å². The third-order valence-corrected chi connectivity index (χ3v) is 9.59. The molecule has 0 radical (unpaired) electrons. The lowest BCUT2D eigenvalue weighted by Gasteiger charge is -2.29. The number of fused-ring (bicyclic) bond motifs is 1. The normalized spacial score (nSPS) is 13.0. The SMILES string of the molecule is COC(=O)CCSCc1cccc(C(=O)Nc2ccc(N3CCCCC3)cc2C(=O)c2cc3ccc(C)cc3n2-c2ccccc2)c1. The Balaban J connectivity index is 1.35. The molecule has 0 saturated carbocycles. The molecule has 8 heteroatoms. The van der Waals surface area contributed by atoms with Crippen LogP contribution < -0.4 is 10.2 Å². The van der Waals surface area contributed by atoms with Crippen LogP contribution in [0.2, 0.25) is 0 Å². The van der Waals surface area contributed by atoms with E-state index in [4.69, 9.17) is 4.74 Å². The number of thioether (sulfide) groups is 1. The van der Waals surface area contributed by atoms with Gasteiger partial charge in [-0.25, -0.2) is 0 Å². The number of aromatic nitrogens is 1. The Kier molecular flexibility index (Phi) is 10.1. The smallest absolute Gasteiger partial charge is 0.306 e. The number of ether oxygens (including phenoxy) is 1. The van der Waals surface area contributed by atoms with Gasteiger partial charge in [0.05, 0.1) is 30.4 Å². The summed E-state index contributed by atoms with van der Waals surface area (Å²) in [5, 5.41) is 4.05. The van der Waals surface area contributed by atoms with E-state index >= 15 is 0 Å². The minimum atomic E-state index is -0.287. The lowest BCUT2D eigenvalue weighted by Crippen LogP contribution is -2.29. The van der Waals surface area contributed by atoms with Gasteiger partial charge in [-0.15, -0.1) is 0 Å². The van der Waals surface area contributed by atoms with Crippen LogP contribution in [-0.2, 0) is 15.3 Å². The van der Waals surface area contributed by atoms with Crippen molar-refractivity contribution in [2.24, 2.45) is 0 Å². The second-order valence-corrected chi connectivity index (χ2v) is 13.0. The van der Waals surface area contributed by atoms with Crippen LogP contribution in [0.4, 0.5) is 11.4 Å². The summed E-state index contributed by atoms with van der Waals surface area (Å²) in [6.45, 7) is 3.93. The van der Waals surface area contributed by atoms with Gasteiger partial charge in [0.2, 0.25) is 5.78 Å². The molecule has 0 bridgehead atoms. The minimum absolute atomic E-state index is 0.160. The van der Waals surface area contributed by atoms with Gasteiger partial charge in [0.25, 0.3) is 5.91 Å². The minimum Gasteiger partial charge on any atom is -0.469 e. The molecule has 240 valence electrons. The van der Waals surface area contributed by atoms with Gasteiger partial charge in [-0.3, -0.25) is 14.4 Å². The van der Waals surface area contributed by atoms with Gasteiger partial charge in [-0.1, -0.05) is 42.5 Å². The number of hydrogen-bond donors (Lipinski definition) is 1. The maximum atomic E-state index is 14.7. The average Bonchev–Trinajstić information content (AvgIpc) is 3.49. The number of hydrogen-bond acceptors (Lipinski definition) is 6. The largest absolute Gasteiger partial charge is 0.469 e. The van der Waals surface area contributed by atoms with E-state index in [0.717, 1.165) is 59.3 Å². The third kappa shape index (κ3) is 7.44. The summed E-state index contributed by atoms with van der Waals surface area (Å²) in [5.41, 5.74) is 6.89. The van der Waals surface area contributed by atoms with Crippen molar-refractivity contribution in [3.63, 3.8) is 0 Å². The molecule has 1 aliphatic rings. The number of methoxy groups -OCH3 is 1. The van der Waals surface area contributed by atoms with Crippen molar-refractivity contribution in [2.45, 2.75) is 38.4 Å². The number of ketones is 1. The summed E-state index contributed by atoms with van der Waals surface area (Å²) in [6.07, 6.45) is 3.77. The highest BCUT2D eigenvalue weighted by Gasteiger charge is 2.24.